The molecule has 5 nitrogen and oxygen atoms in total. The maximum absolute atomic E-state index is 6.03. The zero-order valence-corrected chi connectivity index (χ0v) is 12.3. The fraction of sp³-hybridized carbons (Fsp3) is 0.375. The highest BCUT2D eigenvalue weighted by atomic mass is 16.5. The van der Waals surface area contributed by atoms with Crippen LogP contribution in [0.3, 0.4) is 0 Å². The van der Waals surface area contributed by atoms with Crippen molar-refractivity contribution in [3.8, 4) is 5.88 Å². The van der Waals surface area contributed by atoms with Gasteiger partial charge in [-0.1, -0.05) is 30.3 Å². The van der Waals surface area contributed by atoms with Crippen molar-refractivity contribution < 1.29 is 9.47 Å². The van der Waals surface area contributed by atoms with Crippen LogP contribution in [0.1, 0.15) is 12.5 Å². The van der Waals surface area contributed by atoms with Gasteiger partial charge in [0.2, 0.25) is 11.8 Å². The molecule has 0 N–H and O–H groups in total. The van der Waals surface area contributed by atoms with Gasteiger partial charge in [-0.2, -0.15) is 4.98 Å². The van der Waals surface area contributed by atoms with Gasteiger partial charge in [-0.3, -0.25) is 0 Å². The van der Waals surface area contributed by atoms with Crippen molar-refractivity contribution in [2.24, 2.45) is 0 Å². The number of anilines is 1. The van der Waals surface area contributed by atoms with E-state index in [1.165, 1.54) is 0 Å². The predicted octanol–water partition coefficient (Wildman–Crippen LogP) is 2.24. The number of hydrogen-bond acceptors (Lipinski definition) is 5. The molecule has 0 amide bonds. The van der Waals surface area contributed by atoms with Gasteiger partial charge in [0.1, 0.15) is 5.60 Å². The molecular formula is C16H19N3O2. The van der Waals surface area contributed by atoms with Crippen LogP contribution in [0.2, 0.25) is 0 Å². The lowest BCUT2D eigenvalue weighted by Gasteiger charge is -2.40. The fourth-order valence-electron chi connectivity index (χ4n) is 2.60. The van der Waals surface area contributed by atoms with Crippen LogP contribution in [0.25, 0.3) is 0 Å². The lowest BCUT2D eigenvalue weighted by molar-refractivity contribution is -0.0470. The number of hydrogen-bond donors (Lipinski definition) is 0. The van der Waals surface area contributed by atoms with Gasteiger partial charge in [0.25, 0.3) is 0 Å². The highest BCUT2D eigenvalue weighted by Gasteiger charge is 2.34. The van der Waals surface area contributed by atoms with E-state index >= 15 is 0 Å². The Balaban J connectivity index is 1.85. The van der Waals surface area contributed by atoms with E-state index in [0.29, 0.717) is 25.0 Å². The van der Waals surface area contributed by atoms with Crippen LogP contribution >= 0.6 is 0 Å². The molecule has 0 aliphatic carbocycles. The van der Waals surface area contributed by atoms with Gasteiger partial charge in [0.05, 0.1) is 20.3 Å². The van der Waals surface area contributed by atoms with E-state index in [1.807, 2.05) is 18.2 Å². The standard InChI is InChI=1S/C16H19N3O2/c1-16(13-6-4-3-5-7-13)12-19(10-11-21-16)15-17-9-8-14(18-15)20-2/h3-9H,10-12H2,1-2H3. The monoisotopic (exact) mass is 285 g/mol. The molecule has 21 heavy (non-hydrogen) atoms. The number of methoxy groups -OCH3 is 1. The number of ether oxygens (including phenoxy) is 2. The van der Waals surface area contributed by atoms with E-state index in [2.05, 4.69) is 33.9 Å². The Hall–Kier alpha value is -2.14. The van der Waals surface area contributed by atoms with Gasteiger partial charge in [-0.15, -0.1) is 0 Å². The highest BCUT2D eigenvalue weighted by molar-refractivity contribution is 5.36. The Kier molecular flexibility index (Phi) is 3.75. The molecule has 1 aliphatic rings. The second-order valence-corrected chi connectivity index (χ2v) is 5.27. The summed E-state index contributed by atoms with van der Waals surface area (Å²) in [5, 5.41) is 0. The van der Waals surface area contributed by atoms with E-state index in [9.17, 15) is 0 Å². The van der Waals surface area contributed by atoms with Crippen molar-refractivity contribution in [2.45, 2.75) is 12.5 Å². The minimum atomic E-state index is -0.355. The quantitative estimate of drug-likeness (QED) is 0.865. The van der Waals surface area contributed by atoms with Crippen molar-refractivity contribution in [2.75, 3.05) is 31.7 Å². The maximum Gasteiger partial charge on any atom is 0.228 e. The summed E-state index contributed by atoms with van der Waals surface area (Å²) >= 11 is 0. The van der Waals surface area contributed by atoms with Crippen LogP contribution in [0.15, 0.2) is 42.6 Å². The maximum atomic E-state index is 6.03. The van der Waals surface area contributed by atoms with Crippen molar-refractivity contribution >= 4 is 5.95 Å². The van der Waals surface area contributed by atoms with Gasteiger partial charge in [-0.25, -0.2) is 4.98 Å². The molecule has 1 aromatic heterocycles. The molecule has 1 saturated heterocycles. The summed E-state index contributed by atoms with van der Waals surface area (Å²) in [6.07, 6.45) is 1.72. The highest BCUT2D eigenvalue weighted by Crippen LogP contribution is 2.30. The molecule has 0 spiro atoms. The van der Waals surface area contributed by atoms with Crippen LogP contribution in [-0.2, 0) is 10.3 Å². The normalized spacial score (nSPS) is 22.1. The molecule has 3 rings (SSSR count). The smallest absolute Gasteiger partial charge is 0.228 e. The number of aromatic nitrogens is 2. The summed E-state index contributed by atoms with van der Waals surface area (Å²) < 4.78 is 11.2. The molecule has 0 bridgehead atoms. The second-order valence-electron chi connectivity index (χ2n) is 5.27. The molecule has 5 heteroatoms. The van der Waals surface area contributed by atoms with Crippen LogP contribution < -0.4 is 9.64 Å². The average molecular weight is 285 g/mol. The Morgan fingerprint density at radius 3 is 2.81 bits per heavy atom. The summed E-state index contributed by atoms with van der Waals surface area (Å²) in [7, 11) is 1.61. The fourth-order valence-corrected chi connectivity index (χ4v) is 2.60. The number of rotatable bonds is 3. The van der Waals surface area contributed by atoms with Gasteiger partial charge in [0, 0.05) is 18.8 Å². The minimum absolute atomic E-state index is 0.355. The first-order valence-electron chi connectivity index (χ1n) is 7.03. The lowest BCUT2D eigenvalue weighted by atomic mass is 9.94. The molecule has 2 heterocycles. The second kappa shape index (κ2) is 5.69. The van der Waals surface area contributed by atoms with Crippen molar-refractivity contribution in [3.63, 3.8) is 0 Å². The molecule has 1 aliphatic heterocycles. The Bertz CT molecular complexity index is 605. The zero-order valence-electron chi connectivity index (χ0n) is 12.3. The third-order valence-corrected chi connectivity index (χ3v) is 3.77. The average Bonchev–Trinajstić information content (AvgIpc) is 2.56. The molecule has 2 aromatic rings. The summed E-state index contributed by atoms with van der Waals surface area (Å²) in [6.45, 7) is 4.24. The number of nitrogens with zero attached hydrogens (tertiary/aromatic N) is 3. The first kappa shape index (κ1) is 13.8. The molecule has 1 unspecified atom stereocenters. The summed E-state index contributed by atoms with van der Waals surface area (Å²) in [5.74, 6) is 1.26. The Morgan fingerprint density at radius 1 is 1.24 bits per heavy atom. The Morgan fingerprint density at radius 2 is 2.05 bits per heavy atom. The first-order chi connectivity index (χ1) is 10.2. The van der Waals surface area contributed by atoms with E-state index in [1.54, 1.807) is 19.4 Å². The van der Waals surface area contributed by atoms with Gasteiger partial charge >= 0.3 is 0 Å². The van der Waals surface area contributed by atoms with Crippen LogP contribution in [-0.4, -0.2) is 36.8 Å². The molecule has 110 valence electrons. The van der Waals surface area contributed by atoms with Gasteiger partial charge in [0.15, 0.2) is 0 Å². The number of benzene rings is 1. The minimum Gasteiger partial charge on any atom is -0.481 e. The number of morpholine rings is 1. The molecule has 1 atom stereocenters. The van der Waals surface area contributed by atoms with Crippen molar-refractivity contribution in [3.05, 3.63) is 48.2 Å². The van der Waals surface area contributed by atoms with Gasteiger partial charge < -0.3 is 14.4 Å². The first-order valence-corrected chi connectivity index (χ1v) is 7.03. The third-order valence-electron chi connectivity index (χ3n) is 3.77. The summed E-state index contributed by atoms with van der Waals surface area (Å²) in [4.78, 5) is 10.9. The van der Waals surface area contributed by atoms with E-state index in [-0.39, 0.29) is 5.60 Å². The molecular weight excluding hydrogens is 266 g/mol. The van der Waals surface area contributed by atoms with E-state index in [4.69, 9.17) is 9.47 Å². The topological polar surface area (TPSA) is 47.5 Å². The molecule has 0 radical (unpaired) electrons. The Labute approximate surface area is 124 Å². The summed E-state index contributed by atoms with van der Waals surface area (Å²) in [5.41, 5.74) is 0.809. The van der Waals surface area contributed by atoms with E-state index < -0.39 is 0 Å². The summed E-state index contributed by atoms with van der Waals surface area (Å²) in [6, 6.07) is 12.0. The molecule has 1 fully saturated rings. The van der Waals surface area contributed by atoms with Gasteiger partial charge in [-0.05, 0) is 12.5 Å². The lowest BCUT2D eigenvalue weighted by Crippen LogP contribution is -2.48. The predicted molar refractivity (Wildman–Crippen MR) is 80.5 cm³/mol. The van der Waals surface area contributed by atoms with E-state index in [0.717, 1.165) is 12.1 Å². The third kappa shape index (κ3) is 2.83. The largest absolute Gasteiger partial charge is 0.481 e. The van der Waals surface area contributed by atoms with Crippen molar-refractivity contribution in [1.82, 2.24) is 9.97 Å². The SMILES string of the molecule is COc1ccnc(N2CCOC(C)(c3ccccc3)C2)n1. The molecule has 1 aromatic carbocycles. The zero-order chi connectivity index (χ0) is 14.7. The van der Waals surface area contributed by atoms with Crippen LogP contribution in [0.4, 0.5) is 5.95 Å². The van der Waals surface area contributed by atoms with Crippen molar-refractivity contribution in [1.29, 1.82) is 0 Å². The van der Waals surface area contributed by atoms with Crippen LogP contribution in [0.5, 0.6) is 5.88 Å². The molecule has 0 saturated carbocycles. The van der Waals surface area contributed by atoms with Crippen LogP contribution in [0, 0.1) is 0 Å².